The van der Waals surface area contributed by atoms with E-state index >= 15 is 0 Å². The minimum Gasteiger partial charge on any atom is -0.385 e. The molecule has 114 valence electrons. The molecular weight excluding hydrogens is 266 g/mol. The molecule has 0 aromatic heterocycles. The monoisotopic (exact) mass is 289 g/mol. The van der Waals surface area contributed by atoms with Gasteiger partial charge in [-0.15, -0.1) is 0 Å². The second-order valence-corrected chi connectivity index (χ2v) is 5.75. The zero-order chi connectivity index (χ0) is 15.4. The Hall–Kier alpha value is -1.88. The van der Waals surface area contributed by atoms with Crippen LogP contribution in [0.15, 0.2) is 29.3 Å². The molecule has 0 saturated carbocycles. The maximum absolute atomic E-state index is 11.9. The number of nitrogens with zero attached hydrogens (tertiary/aromatic N) is 2. The third-order valence-corrected chi connectivity index (χ3v) is 3.54. The third-order valence-electron chi connectivity index (χ3n) is 3.54. The summed E-state index contributed by atoms with van der Waals surface area (Å²) in [5.74, 6) is 0.974. The molecule has 1 heterocycles. The van der Waals surface area contributed by atoms with E-state index in [-0.39, 0.29) is 12.1 Å². The predicted molar refractivity (Wildman–Crippen MR) is 83.3 cm³/mol. The molecule has 0 saturated heterocycles. The highest BCUT2D eigenvalue weighted by Crippen LogP contribution is 2.27. The van der Waals surface area contributed by atoms with Crippen molar-refractivity contribution in [3.63, 3.8) is 0 Å². The molecule has 2 amide bonds. The lowest BCUT2D eigenvalue weighted by molar-refractivity contribution is 0.150. The van der Waals surface area contributed by atoms with Crippen molar-refractivity contribution in [2.75, 3.05) is 20.3 Å². The topological polar surface area (TPSA) is 67.9 Å². The Morgan fingerprint density at radius 3 is 2.57 bits per heavy atom. The van der Waals surface area contributed by atoms with Gasteiger partial charge in [-0.25, -0.2) is 4.79 Å². The van der Waals surface area contributed by atoms with Gasteiger partial charge in [-0.1, -0.05) is 38.1 Å². The first kappa shape index (κ1) is 15.5. The average Bonchev–Trinajstić information content (AvgIpc) is 2.71. The van der Waals surface area contributed by atoms with Crippen LogP contribution >= 0.6 is 0 Å². The summed E-state index contributed by atoms with van der Waals surface area (Å²) in [5, 5.41) is 0. The smallest absolute Gasteiger partial charge is 0.346 e. The SMILES string of the molecule is COCCN1C(=O)N=C(N)C1c1ccc(CC(C)C)cc1. The van der Waals surface area contributed by atoms with Crippen molar-refractivity contribution in [2.24, 2.45) is 16.6 Å². The molecule has 1 aromatic carbocycles. The normalized spacial score (nSPS) is 18.5. The number of aliphatic imine (C=N–C) groups is 1. The number of hydrogen-bond acceptors (Lipinski definition) is 3. The van der Waals surface area contributed by atoms with E-state index in [0.29, 0.717) is 24.9 Å². The summed E-state index contributed by atoms with van der Waals surface area (Å²) >= 11 is 0. The summed E-state index contributed by atoms with van der Waals surface area (Å²) in [6.07, 6.45) is 1.04. The second-order valence-electron chi connectivity index (χ2n) is 5.75. The van der Waals surface area contributed by atoms with Gasteiger partial charge in [0, 0.05) is 13.7 Å². The molecule has 1 aliphatic rings. The van der Waals surface area contributed by atoms with Gasteiger partial charge in [0.1, 0.15) is 11.9 Å². The zero-order valence-electron chi connectivity index (χ0n) is 12.9. The summed E-state index contributed by atoms with van der Waals surface area (Å²) in [6, 6.07) is 7.69. The fraction of sp³-hybridized carbons (Fsp3) is 0.500. The highest BCUT2D eigenvalue weighted by atomic mass is 16.5. The molecule has 1 aromatic rings. The molecule has 0 radical (unpaired) electrons. The second kappa shape index (κ2) is 6.72. The summed E-state index contributed by atoms with van der Waals surface area (Å²) < 4.78 is 5.05. The molecular formula is C16H23N3O2. The number of carbonyl (C=O) groups is 1. The zero-order valence-corrected chi connectivity index (χ0v) is 12.9. The van der Waals surface area contributed by atoms with Crippen LogP contribution in [0.25, 0.3) is 0 Å². The molecule has 0 bridgehead atoms. The van der Waals surface area contributed by atoms with Crippen molar-refractivity contribution in [3.8, 4) is 0 Å². The first-order valence-electron chi connectivity index (χ1n) is 7.25. The molecule has 0 spiro atoms. The number of nitrogens with two attached hydrogens (primary N) is 1. The van der Waals surface area contributed by atoms with Gasteiger partial charge in [0.15, 0.2) is 0 Å². The Morgan fingerprint density at radius 2 is 2.00 bits per heavy atom. The van der Waals surface area contributed by atoms with E-state index in [4.69, 9.17) is 10.5 Å². The quantitative estimate of drug-likeness (QED) is 0.874. The Morgan fingerprint density at radius 1 is 1.33 bits per heavy atom. The van der Waals surface area contributed by atoms with E-state index in [1.807, 2.05) is 12.1 Å². The van der Waals surface area contributed by atoms with Gasteiger partial charge >= 0.3 is 6.03 Å². The summed E-state index contributed by atoms with van der Waals surface area (Å²) in [6.45, 7) is 5.34. The lowest BCUT2D eigenvalue weighted by atomic mass is 9.99. The Balaban J connectivity index is 2.17. The van der Waals surface area contributed by atoms with Gasteiger partial charge in [-0.05, 0) is 23.5 Å². The molecule has 5 heteroatoms. The third kappa shape index (κ3) is 3.61. The highest BCUT2D eigenvalue weighted by molar-refractivity contribution is 6.03. The molecule has 1 atom stereocenters. The summed E-state index contributed by atoms with van der Waals surface area (Å²) in [4.78, 5) is 17.4. The van der Waals surface area contributed by atoms with Gasteiger partial charge in [0.25, 0.3) is 0 Å². The molecule has 1 aliphatic heterocycles. The standard InChI is InChI=1S/C16H23N3O2/c1-11(2)10-12-4-6-13(7-5-12)14-15(17)18-16(20)19(14)8-9-21-3/h4-7,11,14H,8-10H2,1-3H3,(H2,17,18,20). The van der Waals surface area contributed by atoms with E-state index in [9.17, 15) is 4.79 Å². The number of methoxy groups -OCH3 is 1. The number of ether oxygens (including phenoxy) is 1. The number of carbonyl (C=O) groups excluding carboxylic acids is 1. The first-order chi connectivity index (χ1) is 10.0. The minimum absolute atomic E-state index is 0.277. The molecule has 0 aliphatic carbocycles. The lowest BCUT2D eigenvalue weighted by Gasteiger charge is -2.24. The van der Waals surface area contributed by atoms with Crippen LogP contribution in [0.4, 0.5) is 4.79 Å². The van der Waals surface area contributed by atoms with E-state index < -0.39 is 0 Å². The van der Waals surface area contributed by atoms with E-state index in [1.54, 1.807) is 12.0 Å². The Kier molecular flexibility index (Phi) is 4.96. The maximum Gasteiger partial charge on any atom is 0.346 e. The Bertz CT molecular complexity index is 523. The number of benzene rings is 1. The minimum atomic E-state index is -0.291. The van der Waals surface area contributed by atoms with Crippen LogP contribution < -0.4 is 5.73 Å². The van der Waals surface area contributed by atoms with Crippen LogP contribution in [0.5, 0.6) is 0 Å². The fourth-order valence-corrected chi connectivity index (χ4v) is 2.58. The number of amidine groups is 1. The number of amides is 2. The van der Waals surface area contributed by atoms with Crippen molar-refractivity contribution in [3.05, 3.63) is 35.4 Å². The van der Waals surface area contributed by atoms with Gasteiger partial charge < -0.3 is 15.4 Å². The molecule has 2 rings (SSSR count). The van der Waals surface area contributed by atoms with Crippen molar-refractivity contribution >= 4 is 11.9 Å². The predicted octanol–water partition coefficient (Wildman–Crippen LogP) is 2.37. The fourth-order valence-electron chi connectivity index (χ4n) is 2.58. The van der Waals surface area contributed by atoms with E-state index in [0.717, 1.165) is 12.0 Å². The lowest BCUT2D eigenvalue weighted by Crippen LogP contribution is -2.35. The average molecular weight is 289 g/mol. The number of urea groups is 1. The van der Waals surface area contributed by atoms with Crippen LogP contribution in [-0.4, -0.2) is 37.0 Å². The van der Waals surface area contributed by atoms with Gasteiger partial charge in [-0.2, -0.15) is 4.99 Å². The van der Waals surface area contributed by atoms with Crippen LogP contribution in [0, 0.1) is 5.92 Å². The van der Waals surface area contributed by atoms with Gasteiger partial charge in [0.2, 0.25) is 0 Å². The highest BCUT2D eigenvalue weighted by Gasteiger charge is 2.34. The summed E-state index contributed by atoms with van der Waals surface area (Å²) in [5.41, 5.74) is 8.21. The molecule has 2 N–H and O–H groups in total. The number of hydrogen-bond donors (Lipinski definition) is 1. The van der Waals surface area contributed by atoms with E-state index in [2.05, 4.69) is 31.0 Å². The van der Waals surface area contributed by atoms with Crippen molar-refractivity contribution < 1.29 is 9.53 Å². The van der Waals surface area contributed by atoms with Crippen molar-refractivity contribution in [2.45, 2.75) is 26.3 Å². The van der Waals surface area contributed by atoms with Crippen molar-refractivity contribution in [1.29, 1.82) is 0 Å². The largest absolute Gasteiger partial charge is 0.385 e. The van der Waals surface area contributed by atoms with Gasteiger partial charge in [-0.3, -0.25) is 0 Å². The maximum atomic E-state index is 11.9. The first-order valence-corrected chi connectivity index (χ1v) is 7.25. The van der Waals surface area contributed by atoms with Crippen LogP contribution in [0.1, 0.15) is 31.0 Å². The van der Waals surface area contributed by atoms with Crippen molar-refractivity contribution in [1.82, 2.24) is 4.90 Å². The Labute approximate surface area is 125 Å². The van der Waals surface area contributed by atoms with Gasteiger partial charge in [0.05, 0.1) is 6.61 Å². The van der Waals surface area contributed by atoms with E-state index in [1.165, 1.54) is 5.56 Å². The van der Waals surface area contributed by atoms with Crippen LogP contribution in [0.2, 0.25) is 0 Å². The molecule has 1 unspecified atom stereocenters. The number of rotatable bonds is 6. The van der Waals surface area contributed by atoms with Crippen LogP contribution in [0.3, 0.4) is 0 Å². The van der Waals surface area contributed by atoms with Crippen LogP contribution in [-0.2, 0) is 11.2 Å². The molecule has 21 heavy (non-hydrogen) atoms. The molecule has 0 fully saturated rings. The molecule has 5 nitrogen and oxygen atoms in total. The summed E-state index contributed by atoms with van der Waals surface area (Å²) in [7, 11) is 1.61.